The number of fused-ring (bicyclic) bond motifs is 1. The number of halogens is 1. The first-order chi connectivity index (χ1) is 17.4. The predicted octanol–water partition coefficient (Wildman–Crippen LogP) is 6.10. The number of likely N-dealkylation sites (tertiary alicyclic amines) is 1. The Kier molecular flexibility index (Phi) is 4.85. The number of nitrogens with zero attached hydrogens (tertiary/aromatic N) is 1. The first kappa shape index (κ1) is 22.3. The molecule has 1 amide bonds. The number of aromatic hydroxyl groups is 2. The second-order valence-corrected chi connectivity index (χ2v) is 11.9. The van der Waals surface area contributed by atoms with Crippen LogP contribution in [0.5, 0.6) is 17.2 Å². The van der Waals surface area contributed by atoms with Crippen LogP contribution >= 0.6 is 11.6 Å². The zero-order chi connectivity index (χ0) is 24.8. The number of β-lactam (4-membered cyclic amide) rings is 1. The Morgan fingerprint density at radius 1 is 1.06 bits per heavy atom. The minimum atomic E-state index is -0.661. The number of carbonyl (C=O) groups is 1. The maximum Gasteiger partial charge on any atom is 0.244 e. The lowest BCUT2D eigenvalue weighted by molar-refractivity contribution is -0.175. The van der Waals surface area contributed by atoms with Gasteiger partial charge in [0.15, 0.2) is 0 Å². The number of benzene rings is 2. The van der Waals surface area contributed by atoms with E-state index in [0.29, 0.717) is 29.9 Å². The van der Waals surface area contributed by atoms with Crippen LogP contribution in [-0.4, -0.2) is 43.5 Å². The van der Waals surface area contributed by atoms with E-state index in [-0.39, 0.29) is 29.0 Å². The number of hydrogen-bond acceptors (Lipinski definition) is 4. The molecule has 0 spiro atoms. The fraction of sp³-hybridized carbons (Fsp3) is 0.483. The van der Waals surface area contributed by atoms with Crippen molar-refractivity contribution in [2.45, 2.75) is 62.4 Å². The number of rotatable bonds is 5. The monoisotopic (exact) mass is 506 g/mol. The van der Waals surface area contributed by atoms with Gasteiger partial charge in [-0.25, -0.2) is 0 Å². The van der Waals surface area contributed by atoms with E-state index in [4.69, 9.17) is 16.3 Å². The highest BCUT2D eigenvalue weighted by Gasteiger charge is 2.62. The molecule has 1 aromatic heterocycles. The number of carbonyl (C=O) groups excluding carboxylic acids is 1. The summed E-state index contributed by atoms with van der Waals surface area (Å²) in [5, 5.41) is 21.0. The largest absolute Gasteiger partial charge is 0.508 e. The van der Waals surface area contributed by atoms with Gasteiger partial charge in [-0.1, -0.05) is 0 Å². The zero-order valence-corrected chi connectivity index (χ0v) is 21.1. The Morgan fingerprint density at radius 3 is 2.39 bits per heavy atom. The van der Waals surface area contributed by atoms with E-state index in [1.807, 2.05) is 25.1 Å². The van der Waals surface area contributed by atoms with Crippen molar-refractivity contribution in [2.75, 3.05) is 6.61 Å². The van der Waals surface area contributed by atoms with Gasteiger partial charge in [0, 0.05) is 33.6 Å². The number of aromatic amines is 1. The Labute approximate surface area is 215 Å². The number of aromatic nitrogens is 1. The molecular formula is C29H31ClN2O4. The fourth-order valence-electron chi connectivity index (χ4n) is 8.32. The summed E-state index contributed by atoms with van der Waals surface area (Å²) in [7, 11) is 0. The van der Waals surface area contributed by atoms with E-state index in [0.717, 1.165) is 47.2 Å². The van der Waals surface area contributed by atoms with Crippen LogP contribution in [0.25, 0.3) is 22.2 Å². The normalized spacial score (nSPS) is 32.8. The van der Waals surface area contributed by atoms with Crippen molar-refractivity contribution in [3.63, 3.8) is 0 Å². The molecular weight excluding hydrogens is 476 g/mol. The molecule has 3 N–H and O–H groups in total. The number of alkyl halides is 1. The van der Waals surface area contributed by atoms with Crippen LogP contribution in [0.1, 0.15) is 57.1 Å². The van der Waals surface area contributed by atoms with Crippen LogP contribution < -0.4 is 4.74 Å². The number of phenols is 2. The summed E-state index contributed by atoms with van der Waals surface area (Å²) in [5.74, 6) is 2.86. The lowest BCUT2D eigenvalue weighted by Crippen LogP contribution is -2.70. The van der Waals surface area contributed by atoms with Crippen LogP contribution in [0.3, 0.4) is 0 Å². The molecule has 2 aromatic carbocycles. The standard InChI is InChI=1S/C29H31ClN2O4/c1-2-36-19-4-6-22-21(11-19)24(26(31-22)20-5-3-18(33)10-23(20)34)27-25(30)28(35)32(27)29-12-15-7-16(13-29)9-17(8-15)14-29/h3-6,10-11,15-17,25,27,31,33-34H,2,7-9,12-14H2,1H3. The summed E-state index contributed by atoms with van der Waals surface area (Å²) in [6.45, 7) is 2.51. The number of H-pyrrole nitrogens is 1. The van der Waals surface area contributed by atoms with Crippen molar-refractivity contribution in [3.05, 3.63) is 42.0 Å². The molecule has 1 saturated heterocycles. The van der Waals surface area contributed by atoms with Gasteiger partial charge in [-0.3, -0.25) is 4.79 Å². The van der Waals surface area contributed by atoms with Crippen molar-refractivity contribution in [1.29, 1.82) is 0 Å². The molecule has 5 aliphatic rings. The predicted molar refractivity (Wildman–Crippen MR) is 138 cm³/mol. The van der Waals surface area contributed by atoms with Crippen LogP contribution in [0.15, 0.2) is 36.4 Å². The van der Waals surface area contributed by atoms with E-state index in [1.165, 1.54) is 25.3 Å². The molecule has 3 aromatic rings. The number of nitrogens with one attached hydrogen (secondary N) is 1. The van der Waals surface area contributed by atoms with Crippen LogP contribution in [0, 0.1) is 17.8 Å². The van der Waals surface area contributed by atoms with Gasteiger partial charge < -0.3 is 24.8 Å². The molecule has 188 valence electrons. The van der Waals surface area contributed by atoms with Gasteiger partial charge in [0.05, 0.1) is 18.3 Å². The van der Waals surface area contributed by atoms with Gasteiger partial charge in [-0.15, -0.1) is 11.6 Å². The molecule has 2 unspecified atom stereocenters. The Hall–Kier alpha value is -2.86. The topological polar surface area (TPSA) is 85.8 Å². The first-order valence-electron chi connectivity index (χ1n) is 13.1. The van der Waals surface area contributed by atoms with Gasteiger partial charge >= 0.3 is 0 Å². The SMILES string of the molecule is CCOc1ccc2[nH]c(-c3ccc(O)cc3O)c(C3C(Cl)C(=O)N3C34CC5CC(CC(C5)C3)C4)c2c1. The number of hydrogen-bond donors (Lipinski definition) is 3. The molecule has 2 atom stereocenters. The van der Waals surface area contributed by atoms with E-state index in [2.05, 4.69) is 9.88 Å². The van der Waals surface area contributed by atoms with E-state index < -0.39 is 5.38 Å². The first-order valence-corrected chi connectivity index (χ1v) is 13.6. The fourth-order valence-corrected chi connectivity index (χ4v) is 8.66. The van der Waals surface area contributed by atoms with Gasteiger partial charge in [0.1, 0.15) is 22.6 Å². The average Bonchev–Trinajstić information content (AvgIpc) is 3.18. The third kappa shape index (κ3) is 3.13. The van der Waals surface area contributed by atoms with E-state index in [9.17, 15) is 15.0 Å². The summed E-state index contributed by atoms with van der Waals surface area (Å²) < 4.78 is 5.82. The summed E-state index contributed by atoms with van der Waals surface area (Å²) >= 11 is 6.88. The zero-order valence-electron chi connectivity index (χ0n) is 20.3. The van der Waals surface area contributed by atoms with Gasteiger partial charge in [-0.05, 0) is 93.5 Å². The van der Waals surface area contributed by atoms with Gasteiger partial charge in [0.25, 0.3) is 0 Å². The maximum absolute atomic E-state index is 13.5. The molecule has 1 aliphatic heterocycles. The third-order valence-electron chi connectivity index (χ3n) is 9.21. The van der Waals surface area contributed by atoms with Crippen molar-refractivity contribution in [1.82, 2.24) is 9.88 Å². The quantitative estimate of drug-likeness (QED) is 0.288. The molecule has 8 rings (SSSR count). The summed E-state index contributed by atoms with van der Waals surface area (Å²) in [4.78, 5) is 19.2. The van der Waals surface area contributed by atoms with Crippen LogP contribution in [-0.2, 0) is 4.79 Å². The van der Waals surface area contributed by atoms with Crippen molar-refractivity contribution < 1.29 is 19.7 Å². The number of amides is 1. The van der Waals surface area contributed by atoms with Crippen molar-refractivity contribution in [3.8, 4) is 28.5 Å². The number of ether oxygens (including phenoxy) is 1. The third-order valence-corrected chi connectivity index (χ3v) is 9.64. The minimum absolute atomic E-state index is 0.00298. The molecule has 4 bridgehead atoms. The van der Waals surface area contributed by atoms with E-state index in [1.54, 1.807) is 12.1 Å². The average molecular weight is 507 g/mol. The highest BCUT2D eigenvalue weighted by molar-refractivity contribution is 6.34. The molecule has 7 heteroatoms. The molecule has 36 heavy (non-hydrogen) atoms. The minimum Gasteiger partial charge on any atom is -0.508 e. The van der Waals surface area contributed by atoms with Gasteiger partial charge in [0.2, 0.25) is 5.91 Å². The van der Waals surface area contributed by atoms with Crippen molar-refractivity contribution in [2.24, 2.45) is 17.8 Å². The summed E-state index contributed by atoms with van der Waals surface area (Å²) in [5.41, 5.74) is 2.99. The molecule has 6 nitrogen and oxygen atoms in total. The molecule has 0 radical (unpaired) electrons. The van der Waals surface area contributed by atoms with E-state index >= 15 is 0 Å². The summed E-state index contributed by atoms with van der Waals surface area (Å²) in [6.07, 6.45) is 7.10. The molecule has 4 saturated carbocycles. The lowest BCUT2D eigenvalue weighted by Gasteiger charge is -2.65. The van der Waals surface area contributed by atoms with Gasteiger partial charge in [-0.2, -0.15) is 0 Å². The summed E-state index contributed by atoms with van der Waals surface area (Å²) in [6, 6.07) is 10.2. The Morgan fingerprint density at radius 2 is 1.75 bits per heavy atom. The second kappa shape index (κ2) is 7.82. The maximum atomic E-state index is 13.5. The van der Waals surface area contributed by atoms with Crippen LogP contribution in [0.4, 0.5) is 0 Å². The second-order valence-electron chi connectivity index (χ2n) is 11.5. The Bertz CT molecular complexity index is 1350. The van der Waals surface area contributed by atoms with Crippen LogP contribution in [0.2, 0.25) is 0 Å². The highest BCUT2D eigenvalue weighted by Crippen LogP contribution is 2.62. The molecule has 5 fully saturated rings. The lowest BCUT2D eigenvalue weighted by atomic mass is 9.51. The highest BCUT2D eigenvalue weighted by atomic mass is 35.5. The molecule has 2 heterocycles. The van der Waals surface area contributed by atoms with Crippen molar-refractivity contribution >= 4 is 28.4 Å². The Balaban J connectivity index is 1.41. The smallest absolute Gasteiger partial charge is 0.244 e. The molecule has 4 aliphatic carbocycles. The number of phenolic OH excluding ortho intramolecular Hbond substituents is 2.